The highest BCUT2D eigenvalue weighted by atomic mass is 16.1. The third-order valence-electron chi connectivity index (χ3n) is 5.56. The van der Waals surface area contributed by atoms with Crippen LogP contribution in [0, 0.1) is 5.92 Å². The first kappa shape index (κ1) is 17.9. The number of pyridine rings is 1. The SMILES string of the molecule is C=CCNC(=O)c1ccc(N2CCN(C3CCC(C)CC3)CC2)nc1. The van der Waals surface area contributed by atoms with Crippen LogP contribution in [0.2, 0.25) is 0 Å². The molecular formula is C20H30N4O. The summed E-state index contributed by atoms with van der Waals surface area (Å²) in [6, 6.07) is 4.60. The molecule has 1 aliphatic carbocycles. The lowest BCUT2D eigenvalue weighted by molar-refractivity contribution is 0.0957. The van der Waals surface area contributed by atoms with E-state index in [2.05, 4.69) is 33.6 Å². The van der Waals surface area contributed by atoms with E-state index < -0.39 is 0 Å². The number of aromatic nitrogens is 1. The Morgan fingerprint density at radius 3 is 2.56 bits per heavy atom. The Balaban J connectivity index is 1.51. The fraction of sp³-hybridized carbons (Fsp3) is 0.600. The maximum atomic E-state index is 11.9. The standard InChI is InChI=1S/C20H30N4O/c1-3-10-21-20(25)17-6-9-19(22-15-17)24-13-11-23(12-14-24)18-7-4-16(2)5-8-18/h3,6,9,15-16,18H,1,4-5,7-8,10-14H2,2H3,(H,21,25). The summed E-state index contributed by atoms with van der Waals surface area (Å²) in [4.78, 5) is 21.4. The number of nitrogens with zero attached hydrogens (tertiary/aromatic N) is 3. The van der Waals surface area contributed by atoms with E-state index in [-0.39, 0.29) is 5.91 Å². The van der Waals surface area contributed by atoms with Crippen LogP contribution in [0.4, 0.5) is 5.82 Å². The summed E-state index contributed by atoms with van der Waals surface area (Å²) in [7, 11) is 0. The molecule has 0 radical (unpaired) electrons. The van der Waals surface area contributed by atoms with Crippen molar-refractivity contribution in [1.82, 2.24) is 15.2 Å². The fourth-order valence-electron chi connectivity index (χ4n) is 3.90. The summed E-state index contributed by atoms with van der Waals surface area (Å²) < 4.78 is 0. The molecule has 1 aliphatic heterocycles. The zero-order valence-corrected chi connectivity index (χ0v) is 15.3. The van der Waals surface area contributed by atoms with Crippen molar-refractivity contribution in [3.05, 3.63) is 36.5 Å². The van der Waals surface area contributed by atoms with Crippen molar-refractivity contribution in [1.29, 1.82) is 0 Å². The molecule has 1 N–H and O–H groups in total. The van der Waals surface area contributed by atoms with Crippen molar-refractivity contribution >= 4 is 11.7 Å². The van der Waals surface area contributed by atoms with Gasteiger partial charge >= 0.3 is 0 Å². The Morgan fingerprint density at radius 2 is 1.96 bits per heavy atom. The highest BCUT2D eigenvalue weighted by molar-refractivity contribution is 5.94. The predicted molar refractivity (Wildman–Crippen MR) is 102 cm³/mol. The van der Waals surface area contributed by atoms with Crippen molar-refractivity contribution < 1.29 is 4.79 Å². The highest BCUT2D eigenvalue weighted by Crippen LogP contribution is 2.28. The van der Waals surface area contributed by atoms with Crippen molar-refractivity contribution in [2.75, 3.05) is 37.6 Å². The van der Waals surface area contributed by atoms with E-state index in [9.17, 15) is 4.79 Å². The molecule has 0 atom stereocenters. The average Bonchev–Trinajstić information content (AvgIpc) is 2.67. The van der Waals surface area contributed by atoms with Gasteiger partial charge in [0.2, 0.25) is 0 Å². The average molecular weight is 342 g/mol. The van der Waals surface area contributed by atoms with Crippen LogP contribution < -0.4 is 10.2 Å². The second-order valence-electron chi connectivity index (χ2n) is 7.34. The Kier molecular flexibility index (Phi) is 6.08. The van der Waals surface area contributed by atoms with E-state index in [1.165, 1.54) is 25.7 Å². The Bertz CT molecular complexity index is 570. The van der Waals surface area contributed by atoms with Gasteiger partial charge in [-0.25, -0.2) is 4.98 Å². The second-order valence-corrected chi connectivity index (χ2v) is 7.34. The first-order valence-corrected chi connectivity index (χ1v) is 9.51. The number of piperazine rings is 1. The summed E-state index contributed by atoms with van der Waals surface area (Å²) in [6.07, 6.45) is 8.81. The minimum atomic E-state index is -0.102. The van der Waals surface area contributed by atoms with Gasteiger partial charge in [0.15, 0.2) is 0 Å². The maximum absolute atomic E-state index is 11.9. The molecule has 0 spiro atoms. The van der Waals surface area contributed by atoms with E-state index >= 15 is 0 Å². The van der Waals surface area contributed by atoms with Crippen LogP contribution in [0.3, 0.4) is 0 Å². The molecule has 1 amide bonds. The van der Waals surface area contributed by atoms with Gasteiger partial charge in [0.05, 0.1) is 5.56 Å². The van der Waals surface area contributed by atoms with Crippen LogP contribution >= 0.6 is 0 Å². The number of nitrogens with one attached hydrogen (secondary N) is 1. The summed E-state index contributed by atoms with van der Waals surface area (Å²) >= 11 is 0. The molecule has 1 aromatic rings. The molecule has 0 unspecified atom stereocenters. The van der Waals surface area contributed by atoms with E-state index in [1.807, 2.05) is 12.1 Å². The van der Waals surface area contributed by atoms with Crippen LogP contribution in [-0.2, 0) is 0 Å². The van der Waals surface area contributed by atoms with Crippen LogP contribution in [0.25, 0.3) is 0 Å². The molecule has 2 aliphatic rings. The zero-order chi connectivity index (χ0) is 17.6. The van der Waals surface area contributed by atoms with Gasteiger partial charge in [-0.15, -0.1) is 6.58 Å². The molecular weight excluding hydrogens is 312 g/mol. The molecule has 5 nitrogen and oxygen atoms in total. The Hall–Kier alpha value is -1.88. The molecule has 0 aromatic carbocycles. The Labute approximate surface area is 151 Å². The summed E-state index contributed by atoms with van der Waals surface area (Å²) in [5.41, 5.74) is 0.598. The van der Waals surface area contributed by atoms with E-state index in [1.54, 1.807) is 12.3 Å². The molecule has 5 heteroatoms. The number of rotatable bonds is 5. The largest absolute Gasteiger partial charge is 0.354 e. The van der Waals surface area contributed by atoms with Gasteiger partial charge in [0.25, 0.3) is 5.91 Å². The van der Waals surface area contributed by atoms with Gasteiger partial charge in [-0.1, -0.05) is 13.0 Å². The van der Waals surface area contributed by atoms with E-state index in [4.69, 9.17) is 0 Å². The number of hydrogen-bond acceptors (Lipinski definition) is 4. The quantitative estimate of drug-likeness (QED) is 0.836. The van der Waals surface area contributed by atoms with Crippen LogP contribution in [0.1, 0.15) is 43.0 Å². The van der Waals surface area contributed by atoms with Gasteiger partial charge in [-0.3, -0.25) is 9.69 Å². The Morgan fingerprint density at radius 1 is 1.24 bits per heavy atom. The topological polar surface area (TPSA) is 48.5 Å². The van der Waals surface area contributed by atoms with Gasteiger partial charge in [0.1, 0.15) is 5.82 Å². The molecule has 2 heterocycles. The normalized spacial score (nSPS) is 24.8. The minimum absolute atomic E-state index is 0.102. The van der Waals surface area contributed by atoms with E-state index in [0.717, 1.165) is 44.0 Å². The number of anilines is 1. The van der Waals surface area contributed by atoms with Crippen LogP contribution in [0.15, 0.2) is 31.0 Å². The van der Waals surface area contributed by atoms with Crippen LogP contribution in [0.5, 0.6) is 0 Å². The molecule has 25 heavy (non-hydrogen) atoms. The third kappa shape index (κ3) is 4.60. The third-order valence-corrected chi connectivity index (χ3v) is 5.56. The number of amides is 1. The highest BCUT2D eigenvalue weighted by Gasteiger charge is 2.27. The molecule has 0 bridgehead atoms. The van der Waals surface area contributed by atoms with Gasteiger partial charge in [-0.05, 0) is 43.7 Å². The predicted octanol–water partition coefficient (Wildman–Crippen LogP) is 2.70. The first-order chi connectivity index (χ1) is 12.2. The van der Waals surface area contributed by atoms with Crippen molar-refractivity contribution in [3.8, 4) is 0 Å². The van der Waals surface area contributed by atoms with Crippen LogP contribution in [-0.4, -0.2) is 54.6 Å². The molecule has 136 valence electrons. The first-order valence-electron chi connectivity index (χ1n) is 9.51. The van der Waals surface area contributed by atoms with Gasteiger partial charge in [-0.2, -0.15) is 0 Å². The molecule has 1 saturated carbocycles. The van der Waals surface area contributed by atoms with Crippen molar-refractivity contribution in [2.24, 2.45) is 5.92 Å². The van der Waals surface area contributed by atoms with Crippen molar-refractivity contribution in [2.45, 2.75) is 38.6 Å². The monoisotopic (exact) mass is 342 g/mol. The molecule has 1 aromatic heterocycles. The van der Waals surface area contributed by atoms with Crippen molar-refractivity contribution in [3.63, 3.8) is 0 Å². The molecule has 1 saturated heterocycles. The zero-order valence-electron chi connectivity index (χ0n) is 15.3. The second kappa shape index (κ2) is 8.48. The maximum Gasteiger partial charge on any atom is 0.253 e. The molecule has 3 rings (SSSR count). The van der Waals surface area contributed by atoms with E-state index in [0.29, 0.717) is 12.1 Å². The number of carbonyl (C=O) groups excluding carboxylic acids is 1. The minimum Gasteiger partial charge on any atom is -0.354 e. The lowest BCUT2D eigenvalue weighted by Gasteiger charge is -2.42. The number of hydrogen-bond donors (Lipinski definition) is 1. The lowest BCUT2D eigenvalue weighted by atomic mass is 9.86. The summed E-state index contributed by atoms with van der Waals surface area (Å²) in [5, 5.41) is 2.78. The smallest absolute Gasteiger partial charge is 0.253 e. The number of carbonyl (C=O) groups is 1. The summed E-state index contributed by atoms with van der Waals surface area (Å²) in [5.74, 6) is 1.77. The molecule has 2 fully saturated rings. The van der Waals surface area contributed by atoms with Gasteiger partial charge in [0, 0.05) is 45.0 Å². The fourth-order valence-corrected chi connectivity index (χ4v) is 3.90. The summed E-state index contributed by atoms with van der Waals surface area (Å²) in [6.45, 7) is 10.7. The lowest BCUT2D eigenvalue weighted by Crippen LogP contribution is -2.51. The van der Waals surface area contributed by atoms with Gasteiger partial charge < -0.3 is 10.2 Å².